The minimum atomic E-state index is -2.50. The van der Waals surface area contributed by atoms with Gasteiger partial charge in [-0.2, -0.15) is 0 Å². The number of thiol groups is 1. The number of ether oxygens (including phenoxy) is 1. The zero-order valence-corrected chi connectivity index (χ0v) is 11.1. The maximum Gasteiger partial charge on any atom is 0.338 e. The molecule has 0 aromatic heterocycles. The van der Waals surface area contributed by atoms with Crippen molar-refractivity contribution in [3.63, 3.8) is 0 Å². The molecule has 0 aliphatic carbocycles. The maximum atomic E-state index is 11.5. The molecule has 0 fully saturated rings. The molecule has 0 spiro atoms. The highest BCUT2D eigenvalue weighted by Crippen LogP contribution is 2.16. The third-order valence-corrected chi connectivity index (χ3v) is 2.96. The maximum absolute atomic E-state index is 11.5. The highest BCUT2D eigenvalue weighted by atomic mass is 79.9. The van der Waals surface area contributed by atoms with Gasteiger partial charge < -0.3 is 4.74 Å². The van der Waals surface area contributed by atoms with Crippen LogP contribution in [-0.2, 0) is 15.4 Å². The standard InChI is InChI=1S/C10H11BrO4S/c1-7-6-8(11)2-3-9(7)10(12)15-4-5-16(13)14/h2-3,6,16H,4-5H2,1H3. The Balaban J connectivity index is 2.66. The van der Waals surface area contributed by atoms with E-state index in [1.165, 1.54) is 0 Å². The number of benzene rings is 1. The number of carbonyl (C=O) groups is 1. The van der Waals surface area contributed by atoms with Crippen molar-refractivity contribution in [2.75, 3.05) is 12.4 Å². The highest BCUT2D eigenvalue weighted by molar-refractivity contribution is 9.10. The van der Waals surface area contributed by atoms with E-state index in [1.54, 1.807) is 25.1 Å². The Morgan fingerprint density at radius 3 is 2.69 bits per heavy atom. The molecule has 0 amide bonds. The van der Waals surface area contributed by atoms with Crippen LogP contribution in [0.1, 0.15) is 15.9 Å². The minimum absolute atomic E-state index is 0.104. The molecule has 0 saturated heterocycles. The van der Waals surface area contributed by atoms with Gasteiger partial charge in [0.05, 0.1) is 11.3 Å². The van der Waals surface area contributed by atoms with Crippen LogP contribution in [0.5, 0.6) is 0 Å². The van der Waals surface area contributed by atoms with Gasteiger partial charge in [0.2, 0.25) is 0 Å². The smallest absolute Gasteiger partial charge is 0.338 e. The van der Waals surface area contributed by atoms with E-state index in [9.17, 15) is 13.2 Å². The van der Waals surface area contributed by atoms with Crippen LogP contribution in [0, 0.1) is 6.92 Å². The van der Waals surface area contributed by atoms with Crippen molar-refractivity contribution < 1.29 is 17.9 Å². The number of halogens is 1. The molecule has 6 heteroatoms. The molecule has 88 valence electrons. The number of carbonyl (C=O) groups excluding carboxylic acids is 1. The highest BCUT2D eigenvalue weighted by Gasteiger charge is 2.10. The molecule has 0 heterocycles. The Hall–Kier alpha value is -0.880. The van der Waals surface area contributed by atoms with Crippen LogP contribution in [0.3, 0.4) is 0 Å². The summed E-state index contributed by atoms with van der Waals surface area (Å²) in [4.78, 5) is 11.5. The van der Waals surface area contributed by atoms with Gasteiger partial charge in [-0.05, 0) is 30.7 Å². The molecular weight excluding hydrogens is 296 g/mol. The van der Waals surface area contributed by atoms with Crippen molar-refractivity contribution in [3.05, 3.63) is 33.8 Å². The third-order valence-electron chi connectivity index (χ3n) is 1.92. The Morgan fingerprint density at radius 1 is 1.44 bits per heavy atom. The molecule has 0 atom stereocenters. The first kappa shape index (κ1) is 13.2. The van der Waals surface area contributed by atoms with E-state index in [-0.39, 0.29) is 12.4 Å². The first-order valence-corrected chi connectivity index (χ1v) is 6.71. The number of hydrogen-bond donors (Lipinski definition) is 1. The molecule has 1 aromatic rings. The normalized spacial score (nSPS) is 10.4. The van der Waals surface area contributed by atoms with Crippen LogP contribution in [0.15, 0.2) is 22.7 Å². The second kappa shape index (κ2) is 6.00. The monoisotopic (exact) mass is 306 g/mol. The lowest BCUT2D eigenvalue weighted by molar-refractivity contribution is 0.0529. The van der Waals surface area contributed by atoms with Crippen molar-refractivity contribution in [2.24, 2.45) is 0 Å². The quantitative estimate of drug-likeness (QED) is 0.677. The van der Waals surface area contributed by atoms with E-state index in [0.717, 1.165) is 10.0 Å². The van der Waals surface area contributed by atoms with Crippen LogP contribution in [0.25, 0.3) is 0 Å². The molecule has 4 nitrogen and oxygen atoms in total. The van der Waals surface area contributed by atoms with Gasteiger partial charge >= 0.3 is 5.97 Å². The largest absolute Gasteiger partial charge is 0.461 e. The van der Waals surface area contributed by atoms with Crippen LogP contribution >= 0.6 is 15.9 Å². The Bertz CT molecular complexity index is 460. The van der Waals surface area contributed by atoms with Crippen LogP contribution < -0.4 is 0 Å². The average Bonchev–Trinajstić information content (AvgIpc) is 2.16. The fourth-order valence-electron chi connectivity index (χ4n) is 1.15. The number of esters is 1. The summed E-state index contributed by atoms with van der Waals surface area (Å²) in [5.41, 5.74) is 1.23. The van der Waals surface area contributed by atoms with Gasteiger partial charge in [0.25, 0.3) is 0 Å². The molecule has 1 rings (SSSR count). The summed E-state index contributed by atoms with van der Waals surface area (Å²) in [6, 6.07) is 5.17. The van der Waals surface area contributed by atoms with Gasteiger partial charge in [0.1, 0.15) is 17.3 Å². The molecule has 0 N–H and O–H groups in total. The van der Waals surface area contributed by atoms with Gasteiger partial charge in [-0.3, -0.25) is 0 Å². The Labute approximate surface area is 104 Å². The van der Waals surface area contributed by atoms with E-state index < -0.39 is 16.7 Å². The van der Waals surface area contributed by atoms with Crippen molar-refractivity contribution >= 4 is 32.6 Å². The zero-order valence-electron chi connectivity index (χ0n) is 8.60. The molecule has 1 aromatic carbocycles. The summed E-state index contributed by atoms with van der Waals surface area (Å²) in [6.45, 7) is 1.68. The Morgan fingerprint density at radius 2 is 2.12 bits per heavy atom. The summed E-state index contributed by atoms with van der Waals surface area (Å²) in [6.07, 6.45) is 0. The van der Waals surface area contributed by atoms with E-state index >= 15 is 0 Å². The second-order valence-corrected chi connectivity index (χ2v) is 5.18. The van der Waals surface area contributed by atoms with Gasteiger partial charge in [-0.15, -0.1) is 0 Å². The summed E-state index contributed by atoms with van der Waals surface area (Å²) in [5.74, 6) is -0.641. The lowest BCUT2D eigenvalue weighted by Crippen LogP contribution is -2.10. The van der Waals surface area contributed by atoms with E-state index in [1.807, 2.05) is 0 Å². The van der Waals surface area contributed by atoms with Crippen LogP contribution in [0.4, 0.5) is 0 Å². The van der Waals surface area contributed by atoms with Crippen LogP contribution in [0.2, 0.25) is 0 Å². The lowest BCUT2D eigenvalue weighted by atomic mass is 10.1. The van der Waals surface area contributed by atoms with E-state index in [2.05, 4.69) is 15.9 Å². The molecule has 0 radical (unpaired) electrons. The first-order valence-electron chi connectivity index (χ1n) is 4.56. The van der Waals surface area contributed by atoms with Crippen LogP contribution in [-0.4, -0.2) is 26.7 Å². The average molecular weight is 307 g/mol. The second-order valence-electron chi connectivity index (χ2n) is 3.15. The van der Waals surface area contributed by atoms with Crippen molar-refractivity contribution in [1.82, 2.24) is 0 Å². The number of rotatable bonds is 4. The molecule has 0 unspecified atom stereocenters. The summed E-state index contributed by atoms with van der Waals surface area (Å²) < 4.78 is 26.2. The van der Waals surface area contributed by atoms with E-state index in [0.29, 0.717) is 5.56 Å². The SMILES string of the molecule is Cc1cc(Br)ccc1C(=O)OCC[SH](=O)=O. The number of hydrogen-bond acceptors (Lipinski definition) is 4. The Kier molecular flexibility index (Phi) is 4.95. The topological polar surface area (TPSA) is 60.4 Å². The third kappa shape index (κ3) is 3.94. The zero-order chi connectivity index (χ0) is 12.1. The predicted molar refractivity (Wildman–Crippen MR) is 64.3 cm³/mol. The summed E-state index contributed by atoms with van der Waals surface area (Å²) in [5, 5.41) is 0. The van der Waals surface area contributed by atoms with Gasteiger partial charge in [0, 0.05) is 4.47 Å². The molecule has 0 saturated carbocycles. The molecular formula is C10H11BrO4S. The number of aryl methyl sites for hydroxylation is 1. The first-order chi connectivity index (χ1) is 7.50. The fourth-order valence-corrected chi connectivity index (χ4v) is 1.86. The van der Waals surface area contributed by atoms with Crippen molar-refractivity contribution in [1.29, 1.82) is 0 Å². The summed E-state index contributed by atoms with van der Waals surface area (Å²) >= 11 is 3.28. The van der Waals surface area contributed by atoms with Crippen molar-refractivity contribution in [3.8, 4) is 0 Å². The molecule has 0 aliphatic heterocycles. The van der Waals surface area contributed by atoms with Gasteiger partial charge in [0.15, 0.2) is 0 Å². The minimum Gasteiger partial charge on any atom is -0.461 e. The summed E-state index contributed by atoms with van der Waals surface area (Å²) in [7, 11) is -2.50. The fraction of sp³-hybridized carbons (Fsp3) is 0.300. The van der Waals surface area contributed by atoms with Crippen molar-refractivity contribution in [2.45, 2.75) is 6.92 Å². The van der Waals surface area contributed by atoms with E-state index in [4.69, 9.17) is 4.74 Å². The predicted octanol–water partition coefficient (Wildman–Crippen LogP) is 1.53. The molecule has 16 heavy (non-hydrogen) atoms. The molecule has 0 aliphatic rings. The lowest BCUT2D eigenvalue weighted by Gasteiger charge is -2.05. The van der Waals surface area contributed by atoms with Gasteiger partial charge in [-0.1, -0.05) is 15.9 Å². The molecule has 0 bridgehead atoms. The van der Waals surface area contributed by atoms with Gasteiger partial charge in [-0.25, -0.2) is 13.2 Å².